The molecule has 0 aromatic carbocycles. The second-order valence-electron chi connectivity index (χ2n) is 5.18. The summed E-state index contributed by atoms with van der Waals surface area (Å²) in [5, 5.41) is 15.4. The van der Waals surface area contributed by atoms with Gasteiger partial charge in [-0.25, -0.2) is 4.68 Å². The second-order valence-corrected chi connectivity index (χ2v) is 6.16. The number of carbonyl (C=O) groups excluding carboxylic acids is 2. The molecular formula is C15H21N5O2S. The van der Waals surface area contributed by atoms with Gasteiger partial charge in [0.15, 0.2) is 5.69 Å². The topological polar surface area (TPSA) is 88.9 Å². The van der Waals surface area contributed by atoms with E-state index in [4.69, 9.17) is 0 Å². The van der Waals surface area contributed by atoms with E-state index >= 15 is 0 Å². The fourth-order valence-corrected chi connectivity index (χ4v) is 2.75. The largest absolute Gasteiger partial charge is 0.354 e. The Kier molecular flexibility index (Phi) is 6.28. The number of rotatable bonds is 8. The zero-order chi connectivity index (χ0) is 16.7. The van der Waals surface area contributed by atoms with E-state index in [1.165, 1.54) is 0 Å². The molecule has 2 heterocycles. The first-order valence-electron chi connectivity index (χ1n) is 7.61. The first-order valence-corrected chi connectivity index (χ1v) is 8.49. The van der Waals surface area contributed by atoms with Crippen LogP contribution in [-0.4, -0.2) is 33.4 Å². The maximum absolute atomic E-state index is 12.1. The van der Waals surface area contributed by atoms with Gasteiger partial charge in [-0.3, -0.25) is 9.59 Å². The van der Waals surface area contributed by atoms with E-state index in [1.54, 1.807) is 22.2 Å². The summed E-state index contributed by atoms with van der Waals surface area (Å²) in [7, 11) is 0. The van der Waals surface area contributed by atoms with Gasteiger partial charge in [-0.05, 0) is 24.8 Å². The molecule has 2 rings (SSSR count). The lowest BCUT2D eigenvalue weighted by atomic mass is 10.2. The summed E-state index contributed by atoms with van der Waals surface area (Å²) in [6, 6.07) is 3.86. The number of nitrogens with one attached hydrogen (secondary N) is 2. The molecule has 0 bridgehead atoms. The molecule has 0 aliphatic carbocycles. The van der Waals surface area contributed by atoms with Gasteiger partial charge in [0.1, 0.15) is 0 Å². The predicted octanol–water partition coefficient (Wildman–Crippen LogP) is 1.75. The van der Waals surface area contributed by atoms with Gasteiger partial charge < -0.3 is 10.6 Å². The first-order chi connectivity index (χ1) is 11.1. The summed E-state index contributed by atoms with van der Waals surface area (Å²) >= 11 is 1.59. The monoisotopic (exact) mass is 335 g/mol. The molecule has 2 aromatic rings. The molecule has 0 aliphatic rings. The van der Waals surface area contributed by atoms with Gasteiger partial charge in [0.2, 0.25) is 5.91 Å². The highest BCUT2D eigenvalue weighted by atomic mass is 32.1. The van der Waals surface area contributed by atoms with E-state index in [-0.39, 0.29) is 23.6 Å². The molecule has 0 fully saturated rings. The number of aromatic nitrogens is 3. The summed E-state index contributed by atoms with van der Waals surface area (Å²) in [5.74, 6) is -0.234. The van der Waals surface area contributed by atoms with Crippen molar-refractivity contribution in [3.05, 3.63) is 34.3 Å². The number of hydrogen-bond donors (Lipinski definition) is 2. The van der Waals surface area contributed by atoms with Crippen LogP contribution in [0.2, 0.25) is 0 Å². The predicted molar refractivity (Wildman–Crippen MR) is 88.1 cm³/mol. The van der Waals surface area contributed by atoms with Crippen LogP contribution in [0.3, 0.4) is 0 Å². The summed E-state index contributed by atoms with van der Waals surface area (Å²) in [6.45, 7) is 4.83. The fraction of sp³-hybridized carbons (Fsp3) is 0.467. The Balaban J connectivity index is 1.81. The van der Waals surface area contributed by atoms with Crippen LogP contribution in [-0.2, 0) is 11.3 Å². The van der Waals surface area contributed by atoms with Crippen molar-refractivity contribution in [3.8, 4) is 0 Å². The van der Waals surface area contributed by atoms with Crippen LogP contribution in [0.15, 0.2) is 23.7 Å². The molecule has 8 heteroatoms. The Morgan fingerprint density at radius 2 is 2.26 bits per heavy atom. The maximum atomic E-state index is 12.1. The number of hydrogen-bond acceptors (Lipinski definition) is 5. The smallest absolute Gasteiger partial charge is 0.273 e. The van der Waals surface area contributed by atoms with Gasteiger partial charge in [0.25, 0.3) is 5.91 Å². The minimum absolute atomic E-state index is 0.0235. The van der Waals surface area contributed by atoms with Crippen LogP contribution < -0.4 is 10.6 Å². The van der Waals surface area contributed by atoms with Crippen molar-refractivity contribution in [1.82, 2.24) is 25.6 Å². The molecule has 23 heavy (non-hydrogen) atoms. The number of amides is 2. The van der Waals surface area contributed by atoms with E-state index in [0.717, 1.165) is 11.3 Å². The molecule has 2 amide bonds. The van der Waals surface area contributed by atoms with Gasteiger partial charge in [0, 0.05) is 17.8 Å². The molecule has 0 spiro atoms. The normalized spacial score (nSPS) is 11.9. The van der Waals surface area contributed by atoms with Gasteiger partial charge in [-0.2, -0.15) is 0 Å². The number of carbonyl (C=O) groups is 2. The summed E-state index contributed by atoms with van der Waals surface area (Å²) in [4.78, 5) is 24.6. The van der Waals surface area contributed by atoms with E-state index in [1.807, 2.05) is 31.4 Å². The van der Waals surface area contributed by atoms with Gasteiger partial charge in [-0.1, -0.05) is 18.2 Å². The van der Waals surface area contributed by atoms with Crippen LogP contribution in [0.4, 0.5) is 0 Å². The Hall–Kier alpha value is -2.22. The SMILES string of the molecule is CCCC(=O)NCCn1cc(C(=O)NC(C)c2cccs2)nn1. The van der Waals surface area contributed by atoms with Crippen molar-refractivity contribution in [2.75, 3.05) is 6.54 Å². The average molecular weight is 335 g/mol. The highest BCUT2D eigenvalue weighted by Crippen LogP contribution is 2.18. The van der Waals surface area contributed by atoms with Crippen molar-refractivity contribution in [3.63, 3.8) is 0 Å². The Bertz CT molecular complexity index is 638. The first kappa shape index (κ1) is 17.1. The van der Waals surface area contributed by atoms with Crippen LogP contribution in [0.5, 0.6) is 0 Å². The van der Waals surface area contributed by atoms with Crippen molar-refractivity contribution < 1.29 is 9.59 Å². The Labute approximate surface area is 139 Å². The maximum Gasteiger partial charge on any atom is 0.273 e. The van der Waals surface area contributed by atoms with E-state index in [0.29, 0.717) is 19.5 Å². The molecule has 0 aliphatic heterocycles. The Morgan fingerprint density at radius 3 is 2.96 bits per heavy atom. The molecule has 7 nitrogen and oxygen atoms in total. The molecule has 2 aromatic heterocycles. The van der Waals surface area contributed by atoms with E-state index in [2.05, 4.69) is 20.9 Å². The molecule has 1 unspecified atom stereocenters. The van der Waals surface area contributed by atoms with E-state index in [9.17, 15) is 9.59 Å². The van der Waals surface area contributed by atoms with Gasteiger partial charge in [-0.15, -0.1) is 16.4 Å². The molecule has 1 atom stereocenters. The molecule has 124 valence electrons. The highest BCUT2D eigenvalue weighted by Gasteiger charge is 2.15. The number of nitrogens with zero attached hydrogens (tertiary/aromatic N) is 3. The standard InChI is InChI=1S/C15H21N5O2S/c1-3-5-14(21)16-7-8-20-10-12(18-19-20)15(22)17-11(2)13-6-4-9-23-13/h4,6,9-11H,3,5,7-8H2,1-2H3,(H,16,21)(H,17,22). The van der Waals surface area contributed by atoms with Crippen LogP contribution in [0.25, 0.3) is 0 Å². The minimum Gasteiger partial charge on any atom is -0.354 e. The van der Waals surface area contributed by atoms with Crippen LogP contribution in [0, 0.1) is 0 Å². The molecular weight excluding hydrogens is 314 g/mol. The summed E-state index contributed by atoms with van der Waals surface area (Å²) in [5.41, 5.74) is 0.272. The fourth-order valence-electron chi connectivity index (χ4n) is 2.02. The quantitative estimate of drug-likeness (QED) is 0.769. The van der Waals surface area contributed by atoms with Crippen molar-refractivity contribution in [1.29, 1.82) is 0 Å². The number of thiophene rings is 1. The highest BCUT2D eigenvalue weighted by molar-refractivity contribution is 7.10. The third-order valence-corrected chi connectivity index (χ3v) is 4.28. The minimum atomic E-state index is -0.257. The lowest BCUT2D eigenvalue weighted by molar-refractivity contribution is -0.121. The lowest BCUT2D eigenvalue weighted by Gasteiger charge is -2.10. The molecule has 0 saturated heterocycles. The third-order valence-electron chi connectivity index (χ3n) is 3.23. The van der Waals surface area contributed by atoms with Crippen LogP contribution in [0.1, 0.15) is 48.1 Å². The van der Waals surface area contributed by atoms with Crippen molar-refractivity contribution in [2.45, 2.75) is 39.3 Å². The zero-order valence-corrected chi connectivity index (χ0v) is 14.1. The summed E-state index contributed by atoms with van der Waals surface area (Å²) in [6.07, 6.45) is 2.93. The molecule has 0 saturated carbocycles. The molecule has 0 radical (unpaired) electrons. The zero-order valence-electron chi connectivity index (χ0n) is 13.3. The van der Waals surface area contributed by atoms with Crippen molar-refractivity contribution in [2.24, 2.45) is 0 Å². The van der Waals surface area contributed by atoms with Crippen molar-refractivity contribution >= 4 is 23.2 Å². The lowest BCUT2D eigenvalue weighted by Crippen LogP contribution is -2.27. The second kappa shape index (κ2) is 8.42. The third kappa shape index (κ3) is 5.17. The molecule has 2 N–H and O–H groups in total. The Morgan fingerprint density at radius 1 is 1.43 bits per heavy atom. The van der Waals surface area contributed by atoms with Gasteiger partial charge in [0.05, 0.1) is 18.8 Å². The van der Waals surface area contributed by atoms with E-state index < -0.39 is 0 Å². The summed E-state index contributed by atoms with van der Waals surface area (Å²) < 4.78 is 1.55. The van der Waals surface area contributed by atoms with Crippen LogP contribution >= 0.6 is 11.3 Å². The average Bonchev–Trinajstić information content (AvgIpc) is 3.19. The van der Waals surface area contributed by atoms with Gasteiger partial charge >= 0.3 is 0 Å².